The van der Waals surface area contributed by atoms with E-state index in [1.54, 1.807) is 16.7 Å². The number of hydrogen-bond acceptors (Lipinski definition) is 4. The van der Waals surface area contributed by atoms with Crippen molar-refractivity contribution in [2.75, 3.05) is 5.32 Å². The first kappa shape index (κ1) is 27.5. The number of nitrogens with zero attached hydrogens (tertiary/aromatic N) is 2. The Morgan fingerprint density at radius 2 is 1.36 bits per heavy atom. The highest BCUT2D eigenvalue weighted by molar-refractivity contribution is 6.04. The Bertz CT molecular complexity index is 1980. The molecule has 6 nitrogen and oxygen atoms in total. The van der Waals surface area contributed by atoms with Crippen molar-refractivity contribution in [3.63, 3.8) is 0 Å². The number of carbonyl (C=O) groups is 1. The number of anilines is 1. The largest absolute Gasteiger partial charge is 0.368 e. The maximum atomic E-state index is 14.6. The van der Waals surface area contributed by atoms with Crippen molar-refractivity contribution in [2.24, 2.45) is 0 Å². The van der Waals surface area contributed by atoms with E-state index in [1.807, 2.05) is 103 Å². The molecule has 1 N–H and O–H groups in total. The minimum Gasteiger partial charge on any atom is -0.368 e. The summed E-state index contributed by atoms with van der Waals surface area (Å²) in [6, 6.07) is 43.0. The van der Waals surface area contributed by atoms with Crippen LogP contribution in [0.15, 0.2) is 138 Å². The molecule has 1 aromatic heterocycles. The van der Waals surface area contributed by atoms with Crippen LogP contribution in [0.2, 0.25) is 0 Å². The number of benzene rings is 5. The van der Waals surface area contributed by atoms with Crippen LogP contribution >= 0.6 is 0 Å². The van der Waals surface area contributed by atoms with E-state index in [-0.39, 0.29) is 36.2 Å². The van der Waals surface area contributed by atoms with E-state index < -0.39 is 0 Å². The quantitative estimate of drug-likeness (QED) is 0.209. The second-order valence-corrected chi connectivity index (χ2v) is 11.1. The lowest BCUT2D eigenvalue weighted by Gasteiger charge is -2.20. The smallest absolute Gasteiger partial charge is 0.263 e. The molecule has 2 heterocycles. The van der Waals surface area contributed by atoms with Crippen LogP contribution in [-0.4, -0.2) is 21.6 Å². The van der Waals surface area contributed by atoms with Gasteiger partial charge in [0, 0.05) is 5.56 Å². The number of ether oxygens (including phenoxy) is 1. The molecule has 6 aromatic rings. The molecule has 216 valence electrons. The molecule has 0 aliphatic carbocycles. The zero-order valence-electron chi connectivity index (χ0n) is 24.1. The Hall–Kier alpha value is -5.33. The van der Waals surface area contributed by atoms with Crippen LogP contribution in [0.1, 0.15) is 34.9 Å². The fourth-order valence-corrected chi connectivity index (χ4v) is 5.97. The Morgan fingerprint density at radius 3 is 2.05 bits per heavy atom. The monoisotopic (exact) mass is 577 g/mol. The van der Waals surface area contributed by atoms with Crippen LogP contribution in [0.5, 0.6) is 0 Å². The lowest BCUT2D eigenvalue weighted by atomic mass is 9.95. The average Bonchev–Trinajstić information content (AvgIpc) is 3.56. The first-order valence-electron chi connectivity index (χ1n) is 14.9. The van der Waals surface area contributed by atoms with E-state index >= 15 is 0 Å². The summed E-state index contributed by atoms with van der Waals surface area (Å²) in [6.07, 6.45) is 1.38. The van der Waals surface area contributed by atoms with E-state index in [9.17, 15) is 9.59 Å². The summed E-state index contributed by atoms with van der Waals surface area (Å²) in [7, 11) is 0. The minimum absolute atomic E-state index is 0.0408. The van der Waals surface area contributed by atoms with Crippen molar-refractivity contribution in [1.29, 1.82) is 0 Å². The van der Waals surface area contributed by atoms with Gasteiger partial charge in [-0.25, -0.2) is 4.98 Å². The van der Waals surface area contributed by atoms with Gasteiger partial charge in [0.05, 0.1) is 29.7 Å². The van der Waals surface area contributed by atoms with Crippen LogP contribution in [0, 0.1) is 0 Å². The number of amides is 1. The van der Waals surface area contributed by atoms with Crippen molar-refractivity contribution in [3.8, 4) is 22.3 Å². The highest BCUT2D eigenvalue weighted by atomic mass is 16.5. The molecule has 1 aliphatic rings. The van der Waals surface area contributed by atoms with Crippen LogP contribution in [0.25, 0.3) is 33.2 Å². The van der Waals surface area contributed by atoms with Crippen molar-refractivity contribution in [2.45, 2.75) is 31.6 Å². The van der Waals surface area contributed by atoms with Gasteiger partial charge in [0.2, 0.25) is 5.95 Å². The van der Waals surface area contributed by atoms with Gasteiger partial charge < -0.3 is 4.74 Å². The number of carbonyl (C=O) groups excluding carboxylic acids is 1. The first-order valence-corrected chi connectivity index (χ1v) is 14.9. The summed E-state index contributed by atoms with van der Waals surface area (Å²) in [5.74, 6) is -0.130. The topological polar surface area (TPSA) is 73.2 Å². The van der Waals surface area contributed by atoms with Crippen LogP contribution < -0.4 is 10.9 Å². The Morgan fingerprint density at radius 1 is 0.750 bits per heavy atom. The summed E-state index contributed by atoms with van der Waals surface area (Å²) < 4.78 is 8.03. The lowest BCUT2D eigenvalue weighted by molar-refractivity contribution is 0.0347. The predicted molar refractivity (Wildman–Crippen MR) is 175 cm³/mol. The molecule has 1 amide bonds. The molecule has 5 aromatic carbocycles. The zero-order chi connectivity index (χ0) is 29.9. The summed E-state index contributed by atoms with van der Waals surface area (Å²) in [5, 5.41) is 3.46. The SMILES string of the molecule is O=C(Nc1nc2cc(-c3ccccc3)cc(-c3ccccc3)c2c(=O)n1C[C@H]1CC[C@@H](c2ccccc2)O1)c1ccccc1. The van der Waals surface area contributed by atoms with Crippen molar-refractivity contribution in [3.05, 3.63) is 155 Å². The van der Waals surface area contributed by atoms with Crippen LogP contribution in [-0.2, 0) is 11.3 Å². The van der Waals surface area contributed by atoms with Crippen LogP contribution in [0.4, 0.5) is 5.95 Å². The highest BCUT2D eigenvalue weighted by Crippen LogP contribution is 2.35. The molecule has 0 saturated carbocycles. The van der Waals surface area contributed by atoms with Gasteiger partial charge in [-0.3, -0.25) is 19.5 Å². The van der Waals surface area contributed by atoms with E-state index in [1.165, 1.54) is 0 Å². The molecule has 0 bridgehead atoms. The van der Waals surface area contributed by atoms with E-state index in [0.29, 0.717) is 16.5 Å². The lowest BCUT2D eigenvalue weighted by Crippen LogP contribution is -2.31. The molecule has 6 heteroatoms. The molecule has 0 spiro atoms. The number of hydrogen-bond donors (Lipinski definition) is 1. The summed E-state index contributed by atoms with van der Waals surface area (Å²) in [4.78, 5) is 32.9. The average molecular weight is 578 g/mol. The van der Waals surface area contributed by atoms with Crippen molar-refractivity contribution in [1.82, 2.24) is 9.55 Å². The summed E-state index contributed by atoms with van der Waals surface area (Å²) in [6.45, 7) is 0.268. The molecule has 0 unspecified atom stereocenters. The summed E-state index contributed by atoms with van der Waals surface area (Å²) in [5.41, 5.74) is 5.57. The predicted octanol–water partition coefficient (Wildman–Crippen LogP) is 7.90. The Kier molecular flexibility index (Phi) is 7.57. The Labute approximate surface area is 255 Å². The van der Waals surface area contributed by atoms with E-state index in [0.717, 1.165) is 40.7 Å². The molecular formula is C38H31N3O3. The number of rotatable bonds is 7. The van der Waals surface area contributed by atoms with E-state index in [2.05, 4.69) is 23.5 Å². The van der Waals surface area contributed by atoms with Gasteiger partial charge in [0.15, 0.2) is 0 Å². The van der Waals surface area contributed by atoms with Gasteiger partial charge in [-0.15, -0.1) is 0 Å². The minimum atomic E-state index is -0.331. The highest BCUT2D eigenvalue weighted by Gasteiger charge is 2.29. The fourth-order valence-electron chi connectivity index (χ4n) is 5.97. The third kappa shape index (κ3) is 5.55. The maximum absolute atomic E-state index is 14.6. The van der Waals surface area contributed by atoms with E-state index in [4.69, 9.17) is 9.72 Å². The molecule has 7 rings (SSSR count). The number of nitrogens with one attached hydrogen (secondary N) is 1. The Balaban J connectivity index is 1.37. The molecule has 2 atom stereocenters. The molecule has 1 saturated heterocycles. The molecule has 44 heavy (non-hydrogen) atoms. The van der Waals surface area contributed by atoms with Gasteiger partial charge in [-0.1, -0.05) is 109 Å². The number of aromatic nitrogens is 2. The zero-order valence-corrected chi connectivity index (χ0v) is 24.1. The van der Waals surface area contributed by atoms with Crippen LogP contribution in [0.3, 0.4) is 0 Å². The van der Waals surface area contributed by atoms with Gasteiger partial charge in [0.25, 0.3) is 11.5 Å². The van der Waals surface area contributed by atoms with Gasteiger partial charge >= 0.3 is 0 Å². The molecule has 1 fully saturated rings. The standard InChI is InChI=1S/C38H31N3O3/c42-36(29-19-11-4-12-20-29)40-38-39-33-24-30(26-13-5-1-6-14-26)23-32(27-15-7-2-8-16-27)35(33)37(43)41(38)25-31-21-22-34(44-31)28-17-9-3-10-18-28/h1-20,23-24,31,34H,21-22,25H2,(H,39,40,42)/t31-,34+/m1/s1. The number of fused-ring (bicyclic) bond motifs is 1. The third-order valence-electron chi connectivity index (χ3n) is 8.18. The van der Waals surface area contributed by atoms with Crippen molar-refractivity contribution < 1.29 is 9.53 Å². The molecular weight excluding hydrogens is 546 g/mol. The van der Waals surface area contributed by atoms with Gasteiger partial charge in [-0.2, -0.15) is 0 Å². The molecule has 0 radical (unpaired) electrons. The fraction of sp³-hybridized carbons (Fsp3) is 0.132. The second-order valence-electron chi connectivity index (χ2n) is 11.1. The van der Waals surface area contributed by atoms with Crippen molar-refractivity contribution >= 4 is 22.8 Å². The third-order valence-corrected chi connectivity index (χ3v) is 8.18. The van der Waals surface area contributed by atoms with Gasteiger partial charge in [-0.05, 0) is 64.9 Å². The normalized spacial score (nSPS) is 16.2. The second kappa shape index (κ2) is 12.1. The summed E-state index contributed by atoms with van der Waals surface area (Å²) >= 11 is 0. The molecule has 1 aliphatic heterocycles. The maximum Gasteiger partial charge on any atom is 0.263 e. The van der Waals surface area contributed by atoms with Gasteiger partial charge in [0.1, 0.15) is 0 Å². The first-order chi connectivity index (χ1) is 21.6.